The maximum atomic E-state index is 12.9. The zero-order chi connectivity index (χ0) is 22.4. The van der Waals surface area contributed by atoms with Crippen LogP contribution in [0.25, 0.3) is 0 Å². The molecule has 1 fully saturated rings. The van der Waals surface area contributed by atoms with Gasteiger partial charge in [-0.2, -0.15) is 0 Å². The van der Waals surface area contributed by atoms with Crippen molar-refractivity contribution in [1.82, 2.24) is 5.32 Å². The first-order valence-corrected chi connectivity index (χ1v) is 10.3. The summed E-state index contributed by atoms with van der Waals surface area (Å²) in [5.74, 6) is -0.724. The summed E-state index contributed by atoms with van der Waals surface area (Å²) in [6.45, 7) is 3.08. The Kier molecular flexibility index (Phi) is 7.23. The standard InChI is InChI=1S/C23H27N3O5/c1-16-7-9-17(10-8-16)19(15-22(27)31-2)24-23(28)18-11-13-25(14-12-18)20-5-3-4-6-21(20)26(29)30/h3-10,18-19H,11-15H2,1-2H3,(H,24,28). The van der Waals surface area contributed by atoms with Gasteiger partial charge >= 0.3 is 5.97 Å². The predicted molar refractivity (Wildman–Crippen MR) is 117 cm³/mol. The first-order valence-electron chi connectivity index (χ1n) is 10.3. The Morgan fingerprint density at radius 2 is 1.81 bits per heavy atom. The number of carbonyl (C=O) groups is 2. The summed E-state index contributed by atoms with van der Waals surface area (Å²) in [7, 11) is 1.33. The Bertz CT molecular complexity index is 936. The zero-order valence-electron chi connectivity index (χ0n) is 17.7. The summed E-state index contributed by atoms with van der Waals surface area (Å²) in [4.78, 5) is 37.7. The number of nitrogens with zero attached hydrogens (tertiary/aromatic N) is 2. The molecule has 1 saturated heterocycles. The molecule has 31 heavy (non-hydrogen) atoms. The minimum atomic E-state index is -0.464. The fraction of sp³-hybridized carbons (Fsp3) is 0.391. The lowest BCUT2D eigenvalue weighted by Crippen LogP contribution is -2.42. The molecular weight excluding hydrogens is 398 g/mol. The SMILES string of the molecule is COC(=O)CC(NC(=O)C1CCN(c2ccccc2[N+](=O)[O-])CC1)c1ccc(C)cc1. The second-order valence-corrected chi connectivity index (χ2v) is 7.76. The molecule has 1 atom stereocenters. The summed E-state index contributed by atoms with van der Waals surface area (Å²) < 4.78 is 4.79. The van der Waals surface area contributed by atoms with Crippen LogP contribution in [-0.4, -0.2) is 37.0 Å². The summed E-state index contributed by atoms with van der Waals surface area (Å²) in [5.41, 5.74) is 2.59. The van der Waals surface area contributed by atoms with Gasteiger partial charge in [0.1, 0.15) is 5.69 Å². The largest absolute Gasteiger partial charge is 0.469 e. The molecule has 2 aromatic rings. The maximum Gasteiger partial charge on any atom is 0.307 e. The van der Waals surface area contributed by atoms with E-state index in [1.54, 1.807) is 18.2 Å². The number of nitrogens with one attached hydrogen (secondary N) is 1. The number of anilines is 1. The van der Waals surface area contributed by atoms with Crippen LogP contribution in [0.3, 0.4) is 0 Å². The second-order valence-electron chi connectivity index (χ2n) is 7.76. The van der Waals surface area contributed by atoms with Crippen LogP contribution < -0.4 is 10.2 Å². The molecule has 1 amide bonds. The lowest BCUT2D eigenvalue weighted by Gasteiger charge is -2.33. The van der Waals surface area contributed by atoms with Crippen LogP contribution in [-0.2, 0) is 14.3 Å². The van der Waals surface area contributed by atoms with Gasteiger partial charge in [-0.15, -0.1) is 0 Å². The number of benzene rings is 2. The highest BCUT2D eigenvalue weighted by Gasteiger charge is 2.30. The molecule has 0 aliphatic carbocycles. The van der Waals surface area contributed by atoms with E-state index in [1.165, 1.54) is 13.2 Å². The van der Waals surface area contributed by atoms with Crippen LogP contribution in [0.2, 0.25) is 0 Å². The van der Waals surface area contributed by atoms with Crippen molar-refractivity contribution in [3.8, 4) is 0 Å². The number of piperidine rings is 1. The van der Waals surface area contributed by atoms with Gasteiger partial charge in [-0.05, 0) is 31.4 Å². The third-order valence-corrected chi connectivity index (χ3v) is 5.68. The van der Waals surface area contributed by atoms with Crippen LogP contribution in [0.1, 0.15) is 36.4 Å². The molecule has 8 heteroatoms. The molecule has 1 N–H and O–H groups in total. The van der Waals surface area contributed by atoms with Crippen molar-refractivity contribution in [3.63, 3.8) is 0 Å². The van der Waals surface area contributed by atoms with Crippen molar-refractivity contribution in [3.05, 3.63) is 69.8 Å². The number of amides is 1. The fourth-order valence-corrected chi connectivity index (χ4v) is 3.86. The van der Waals surface area contributed by atoms with Gasteiger partial charge in [0.25, 0.3) is 5.69 Å². The highest BCUT2D eigenvalue weighted by atomic mass is 16.6. The van der Waals surface area contributed by atoms with E-state index in [9.17, 15) is 19.7 Å². The molecule has 0 aromatic heterocycles. The van der Waals surface area contributed by atoms with Gasteiger partial charge < -0.3 is 15.0 Å². The Morgan fingerprint density at radius 1 is 1.16 bits per heavy atom. The number of nitro benzene ring substituents is 1. The summed E-state index contributed by atoms with van der Waals surface area (Å²) in [6, 6.07) is 13.9. The smallest absolute Gasteiger partial charge is 0.307 e. The molecule has 0 bridgehead atoms. The van der Waals surface area contributed by atoms with E-state index in [0.717, 1.165) is 11.1 Å². The number of ether oxygens (including phenoxy) is 1. The van der Waals surface area contributed by atoms with Crippen molar-refractivity contribution in [2.24, 2.45) is 5.92 Å². The minimum absolute atomic E-state index is 0.0559. The molecular formula is C23H27N3O5. The molecule has 1 unspecified atom stereocenters. The van der Waals surface area contributed by atoms with E-state index in [1.807, 2.05) is 36.1 Å². The number of esters is 1. The Labute approximate surface area is 181 Å². The topological polar surface area (TPSA) is 102 Å². The summed E-state index contributed by atoms with van der Waals surface area (Å²) in [5, 5.41) is 14.3. The molecule has 0 radical (unpaired) electrons. The highest BCUT2D eigenvalue weighted by molar-refractivity contribution is 5.80. The van der Waals surface area contributed by atoms with Gasteiger partial charge in [0.05, 0.1) is 24.5 Å². The summed E-state index contributed by atoms with van der Waals surface area (Å²) >= 11 is 0. The van der Waals surface area contributed by atoms with Gasteiger partial charge in [-0.25, -0.2) is 0 Å². The van der Waals surface area contributed by atoms with Crippen molar-refractivity contribution in [1.29, 1.82) is 0 Å². The first-order chi connectivity index (χ1) is 14.9. The third-order valence-electron chi connectivity index (χ3n) is 5.68. The molecule has 2 aromatic carbocycles. The molecule has 1 aliphatic rings. The van der Waals surface area contributed by atoms with Gasteiger partial charge in [-0.3, -0.25) is 19.7 Å². The van der Waals surface area contributed by atoms with E-state index in [-0.39, 0.29) is 28.9 Å². The van der Waals surface area contributed by atoms with Crippen LogP contribution in [0.4, 0.5) is 11.4 Å². The molecule has 1 aliphatic heterocycles. The van der Waals surface area contributed by atoms with Crippen LogP contribution in [0.15, 0.2) is 48.5 Å². The van der Waals surface area contributed by atoms with E-state index in [0.29, 0.717) is 31.6 Å². The maximum absolute atomic E-state index is 12.9. The number of para-hydroxylation sites is 2. The van der Waals surface area contributed by atoms with Gasteiger partial charge in [0, 0.05) is 25.1 Å². The number of methoxy groups -OCH3 is 1. The van der Waals surface area contributed by atoms with E-state index < -0.39 is 12.0 Å². The molecule has 0 spiro atoms. The molecule has 8 nitrogen and oxygen atoms in total. The average molecular weight is 425 g/mol. The highest BCUT2D eigenvalue weighted by Crippen LogP contribution is 2.31. The predicted octanol–water partition coefficient (Wildman–Crippen LogP) is 3.54. The zero-order valence-corrected chi connectivity index (χ0v) is 17.7. The van der Waals surface area contributed by atoms with Crippen molar-refractivity contribution >= 4 is 23.3 Å². The van der Waals surface area contributed by atoms with Gasteiger partial charge in [0.2, 0.25) is 5.91 Å². The lowest BCUT2D eigenvalue weighted by atomic mass is 9.94. The van der Waals surface area contributed by atoms with E-state index in [4.69, 9.17) is 4.74 Å². The minimum Gasteiger partial charge on any atom is -0.469 e. The lowest BCUT2D eigenvalue weighted by molar-refractivity contribution is -0.384. The molecule has 164 valence electrons. The Balaban J connectivity index is 1.65. The van der Waals surface area contributed by atoms with Crippen LogP contribution in [0, 0.1) is 23.0 Å². The molecule has 1 heterocycles. The number of nitro groups is 1. The van der Waals surface area contributed by atoms with E-state index >= 15 is 0 Å². The fourth-order valence-electron chi connectivity index (χ4n) is 3.86. The Hall–Kier alpha value is -3.42. The Morgan fingerprint density at radius 3 is 2.42 bits per heavy atom. The van der Waals surface area contributed by atoms with Crippen molar-refractivity contribution < 1.29 is 19.2 Å². The number of rotatable bonds is 7. The van der Waals surface area contributed by atoms with Crippen LogP contribution in [0.5, 0.6) is 0 Å². The normalized spacial score (nSPS) is 15.2. The van der Waals surface area contributed by atoms with Crippen molar-refractivity contribution in [2.75, 3.05) is 25.1 Å². The third kappa shape index (κ3) is 5.59. The number of aryl methyl sites for hydroxylation is 1. The second kappa shape index (κ2) is 10.1. The number of carbonyl (C=O) groups excluding carboxylic acids is 2. The monoisotopic (exact) mass is 425 g/mol. The summed E-state index contributed by atoms with van der Waals surface area (Å²) in [6.07, 6.45) is 1.22. The quantitative estimate of drug-likeness (QED) is 0.414. The molecule has 0 saturated carbocycles. The first kappa shape index (κ1) is 22.3. The average Bonchev–Trinajstić information content (AvgIpc) is 2.79. The number of hydrogen-bond acceptors (Lipinski definition) is 6. The van der Waals surface area contributed by atoms with Gasteiger partial charge in [-0.1, -0.05) is 42.0 Å². The van der Waals surface area contributed by atoms with Crippen molar-refractivity contribution in [2.45, 2.75) is 32.2 Å². The van der Waals surface area contributed by atoms with Gasteiger partial charge in [0.15, 0.2) is 0 Å². The van der Waals surface area contributed by atoms with Crippen LogP contribution >= 0.6 is 0 Å². The molecule has 3 rings (SSSR count). The van der Waals surface area contributed by atoms with E-state index in [2.05, 4.69) is 5.32 Å². The number of hydrogen-bond donors (Lipinski definition) is 1.